The van der Waals surface area contributed by atoms with Gasteiger partial charge >= 0.3 is 0 Å². The average Bonchev–Trinajstić information content (AvgIpc) is 3.02. The number of hydrogen-bond donors (Lipinski definition) is 1. The van der Waals surface area contributed by atoms with Gasteiger partial charge in [-0.25, -0.2) is 0 Å². The number of rotatable bonds is 2. The minimum absolute atomic E-state index is 0.197. The maximum absolute atomic E-state index is 5.46. The Hall–Kier alpha value is -1.04. The van der Waals surface area contributed by atoms with Crippen molar-refractivity contribution in [3.8, 4) is 0 Å². The molecular formula is C13H16N2O2S. The summed E-state index contributed by atoms with van der Waals surface area (Å²) in [5, 5.41) is 4.90. The Labute approximate surface area is 111 Å². The Kier molecular flexibility index (Phi) is 3.54. The zero-order valence-corrected chi connectivity index (χ0v) is 11.1. The molecule has 0 spiro atoms. The SMILES string of the molecule is CC1CN=C(Nc2ccc(C3OCCO3)cc2)S1. The maximum Gasteiger partial charge on any atom is 0.184 e. The van der Waals surface area contributed by atoms with Crippen molar-refractivity contribution in [1.29, 1.82) is 0 Å². The molecule has 1 aromatic carbocycles. The van der Waals surface area contributed by atoms with Gasteiger partial charge in [-0.1, -0.05) is 30.8 Å². The third-order valence-corrected chi connectivity index (χ3v) is 3.87. The molecule has 0 aromatic heterocycles. The highest BCUT2D eigenvalue weighted by atomic mass is 32.2. The number of ether oxygens (including phenoxy) is 2. The summed E-state index contributed by atoms with van der Waals surface area (Å²) in [6, 6.07) is 8.13. The highest BCUT2D eigenvalue weighted by molar-refractivity contribution is 8.15. The van der Waals surface area contributed by atoms with Gasteiger partial charge in [0.05, 0.1) is 19.8 Å². The van der Waals surface area contributed by atoms with Crippen LogP contribution < -0.4 is 5.32 Å². The van der Waals surface area contributed by atoms with Crippen molar-refractivity contribution < 1.29 is 9.47 Å². The smallest absolute Gasteiger partial charge is 0.184 e. The average molecular weight is 264 g/mol. The molecule has 1 N–H and O–H groups in total. The van der Waals surface area contributed by atoms with E-state index in [1.807, 2.05) is 24.3 Å². The third kappa shape index (κ3) is 2.68. The van der Waals surface area contributed by atoms with Crippen molar-refractivity contribution in [2.45, 2.75) is 18.5 Å². The van der Waals surface area contributed by atoms with Crippen LogP contribution >= 0.6 is 11.8 Å². The third-order valence-electron chi connectivity index (χ3n) is 2.86. The lowest BCUT2D eigenvalue weighted by atomic mass is 10.2. The molecule has 5 heteroatoms. The van der Waals surface area contributed by atoms with Gasteiger partial charge in [-0.05, 0) is 12.1 Å². The number of hydrogen-bond acceptors (Lipinski definition) is 5. The summed E-state index contributed by atoms with van der Waals surface area (Å²) in [5.74, 6) is 0. The second-order valence-corrected chi connectivity index (χ2v) is 5.82. The molecule has 1 saturated heterocycles. The minimum Gasteiger partial charge on any atom is -0.346 e. The van der Waals surface area contributed by atoms with Crippen LogP contribution in [0.15, 0.2) is 29.3 Å². The van der Waals surface area contributed by atoms with Crippen molar-refractivity contribution in [3.63, 3.8) is 0 Å². The van der Waals surface area contributed by atoms with Crippen molar-refractivity contribution in [1.82, 2.24) is 0 Å². The van der Waals surface area contributed by atoms with E-state index in [1.165, 1.54) is 0 Å². The van der Waals surface area contributed by atoms with E-state index in [9.17, 15) is 0 Å². The Morgan fingerprint density at radius 3 is 2.56 bits per heavy atom. The van der Waals surface area contributed by atoms with Crippen molar-refractivity contribution >= 4 is 22.6 Å². The van der Waals surface area contributed by atoms with Crippen LogP contribution in [0.4, 0.5) is 5.69 Å². The molecule has 1 fully saturated rings. The minimum atomic E-state index is -0.197. The van der Waals surface area contributed by atoms with Gasteiger partial charge in [0, 0.05) is 16.5 Å². The summed E-state index contributed by atoms with van der Waals surface area (Å²) in [6.07, 6.45) is -0.197. The molecule has 96 valence electrons. The standard InChI is InChI=1S/C13H16N2O2S/c1-9-8-14-13(18-9)15-11-4-2-10(3-5-11)12-16-6-7-17-12/h2-5,9,12H,6-8H2,1H3,(H,14,15). The van der Waals surface area contributed by atoms with Crippen LogP contribution in [0.3, 0.4) is 0 Å². The first-order valence-electron chi connectivity index (χ1n) is 6.12. The van der Waals surface area contributed by atoms with Gasteiger partial charge in [-0.3, -0.25) is 4.99 Å². The summed E-state index contributed by atoms with van der Waals surface area (Å²) >= 11 is 1.78. The lowest BCUT2D eigenvalue weighted by molar-refractivity contribution is -0.0441. The van der Waals surface area contributed by atoms with Crippen LogP contribution in [0, 0.1) is 0 Å². The van der Waals surface area contributed by atoms with Crippen LogP contribution in [0.2, 0.25) is 0 Å². The molecule has 0 amide bonds. The summed E-state index contributed by atoms with van der Waals surface area (Å²) in [7, 11) is 0. The van der Waals surface area contributed by atoms with E-state index in [4.69, 9.17) is 9.47 Å². The number of amidine groups is 1. The molecule has 1 atom stereocenters. The summed E-state index contributed by atoms with van der Waals surface area (Å²) in [6.45, 7) is 4.43. The van der Waals surface area contributed by atoms with Gasteiger partial charge in [0.2, 0.25) is 0 Å². The molecule has 1 aromatic rings. The van der Waals surface area contributed by atoms with Gasteiger partial charge in [0.25, 0.3) is 0 Å². The molecule has 2 aliphatic heterocycles. The van der Waals surface area contributed by atoms with E-state index in [0.29, 0.717) is 18.5 Å². The highest BCUT2D eigenvalue weighted by Gasteiger charge is 2.18. The lowest BCUT2D eigenvalue weighted by Crippen LogP contribution is -2.06. The van der Waals surface area contributed by atoms with E-state index in [1.54, 1.807) is 11.8 Å². The molecule has 0 aliphatic carbocycles. The molecule has 0 saturated carbocycles. The van der Waals surface area contributed by atoms with E-state index < -0.39 is 0 Å². The summed E-state index contributed by atoms with van der Waals surface area (Å²) in [5.41, 5.74) is 2.12. The molecule has 0 bridgehead atoms. The fourth-order valence-electron chi connectivity index (χ4n) is 1.94. The molecule has 2 heterocycles. The largest absolute Gasteiger partial charge is 0.346 e. The maximum atomic E-state index is 5.46. The zero-order chi connectivity index (χ0) is 12.4. The van der Waals surface area contributed by atoms with Gasteiger partial charge in [0.15, 0.2) is 11.5 Å². The number of aliphatic imine (C=N–C) groups is 1. The number of thioether (sulfide) groups is 1. The molecule has 2 aliphatic rings. The topological polar surface area (TPSA) is 42.9 Å². The number of nitrogens with zero attached hydrogens (tertiary/aromatic N) is 1. The molecule has 0 radical (unpaired) electrons. The first-order valence-corrected chi connectivity index (χ1v) is 7.00. The second kappa shape index (κ2) is 5.30. The summed E-state index contributed by atoms with van der Waals surface area (Å²) < 4.78 is 10.9. The van der Waals surface area contributed by atoms with E-state index in [0.717, 1.165) is 23.0 Å². The van der Waals surface area contributed by atoms with Crippen molar-refractivity contribution in [2.24, 2.45) is 4.99 Å². The fraction of sp³-hybridized carbons (Fsp3) is 0.462. The Morgan fingerprint density at radius 2 is 1.94 bits per heavy atom. The molecule has 4 nitrogen and oxygen atoms in total. The first-order chi connectivity index (χ1) is 8.81. The van der Waals surface area contributed by atoms with Crippen LogP contribution in [0.5, 0.6) is 0 Å². The normalized spacial score (nSPS) is 24.3. The van der Waals surface area contributed by atoms with Gasteiger partial charge in [-0.15, -0.1) is 0 Å². The van der Waals surface area contributed by atoms with E-state index in [-0.39, 0.29) is 6.29 Å². The van der Waals surface area contributed by atoms with Crippen molar-refractivity contribution in [3.05, 3.63) is 29.8 Å². The Balaban J connectivity index is 1.64. The van der Waals surface area contributed by atoms with E-state index >= 15 is 0 Å². The number of benzene rings is 1. The second-order valence-electron chi connectivity index (χ2n) is 4.39. The summed E-state index contributed by atoms with van der Waals surface area (Å²) in [4.78, 5) is 4.43. The highest BCUT2D eigenvalue weighted by Crippen LogP contribution is 2.26. The Bertz CT molecular complexity index is 441. The van der Waals surface area contributed by atoms with Crippen LogP contribution in [-0.2, 0) is 9.47 Å². The monoisotopic (exact) mass is 264 g/mol. The van der Waals surface area contributed by atoms with Crippen LogP contribution in [-0.4, -0.2) is 30.2 Å². The molecule has 18 heavy (non-hydrogen) atoms. The fourth-order valence-corrected chi connectivity index (χ4v) is 2.80. The lowest BCUT2D eigenvalue weighted by Gasteiger charge is -2.11. The zero-order valence-electron chi connectivity index (χ0n) is 10.3. The quantitative estimate of drug-likeness (QED) is 0.891. The molecular weight excluding hydrogens is 248 g/mol. The van der Waals surface area contributed by atoms with Gasteiger partial charge in [-0.2, -0.15) is 0 Å². The van der Waals surface area contributed by atoms with Crippen molar-refractivity contribution in [2.75, 3.05) is 25.1 Å². The number of nitrogens with one attached hydrogen (secondary N) is 1. The van der Waals surface area contributed by atoms with E-state index in [2.05, 4.69) is 17.2 Å². The molecule has 1 unspecified atom stereocenters. The number of anilines is 1. The Morgan fingerprint density at radius 1 is 1.22 bits per heavy atom. The first kappa shape index (κ1) is 12.0. The predicted molar refractivity (Wildman–Crippen MR) is 74.1 cm³/mol. The molecule has 3 rings (SSSR count). The van der Waals surface area contributed by atoms with Crippen LogP contribution in [0.25, 0.3) is 0 Å². The van der Waals surface area contributed by atoms with Gasteiger partial charge in [0.1, 0.15) is 0 Å². The predicted octanol–water partition coefficient (Wildman–Crippen LogP) is 2.64. The van der Waals surface area contributed by atoms with Gasteiger partial charge < -0.3 is 14.8 Å². The van der Waals surface area contributed by atoms with Crippen LogP contribution in [0.1, 0.15) is 18.8 Å².